The molecule has 0 saturated heterocycles. The van der Waals surface area contributed by atoms with Crippen LogP contribution in [0.5, 0.6) is 0 Å². The van der Waals surface area contributed by atoms with E-state index in [9.17, 15) is 9.59 Å². The fourth-order valence-corrected chi connectivity index (χ4v) is 1.72. The zero-order chi connectivity index (χ0) is 14.5. The van der Waals surface area contributed by atoms with Crippen LogP contribution in [0, 0.1) is 0 Å². The summed E-state index contributed by atoms with van der Waals surface area (Å²) in [6, 6.07) is 5.32. The Labute approximate surface area is 118 Å². The quantitative estimate of drug-likeness (QED) is 0.806. The Kier molecular flexibility index (Phi) is 4.11. The highest BCUT2D eigenvalue weighted by molar-refractivity contribution is 6.34. The Hall–Kier alpha value is -2.67. The monoisotopic (exact) mass is 292 g/mol. The second-order valence-corrected chi connectivity index (χ2v) is 4.03. The normalized spacial score (nSPS) is 9.85. The predicted octanol–water partition coefficient (Wildman–Crippen LogP) is 2.47. The number of carboxylic acids is 1. The first-order valence-corrected chi connectivity index (χ1v) is 5.82. The molecule has 20 heavy (non-hydrogen) atoms. The van der Waals surface area contributed by atoms with Crippen LogP contribution in [-0.2, 0) is 0 Å². The number of halogens is 1. The summed E-state index contributed by atoms with van der Waals surface area (Å²) in [5.41, 5.74) is -0.100. The summed E-state index contributed by atoms with van der Waals surface area (Å²) in [6.45, 7) is 0. The maximum absolute atomic E-state index is 11.7. The maximum Gasteiger partial charge on any atom is 0.339 e. The van der Waals surface area contributed by atoms with E-state index in [2.05, 4.69) is 20.6 Å². The highest BCUT2D eigenvalue weighted by Gasteiger charge is 2.16. The second kappa shape index (κ2) is 5.98. The molecule has 0 aliphatic rings. The maximum atomic E-state index is 11.7. The number of urea groups is 1. The molecular weight excluding hydrogens is 284 g/mol. The lowest BCUT2D eigenvalue weighted by Crippen LogP contribution is -2.22. The summed E-state index contributed by atoms with van der Waals surface area (Å²) in [5.74, 6) is -1.13. The van der Waals surface area contributed by atoms with Gasteiger partial charge in [0, 0.05) is 12.4 Å². The van der Waals surface area contributed by atoms with E-state index in [-0.39, 0.29) is 22.2 Å². The molecule has 0 spiro atoms. The van der Waals surface area contributed by atoms with E-state index >= 15 is 0 Å². The van der Waals surface area contributed by atoms with Gasteiger partial charge in [-0.2, -0.15) is 0 Å². The van der Waals surface area contributed by atoms with E-state index in [4.69, 9.17) is 16.7 Å². The highest BCUT2D eigenvalue weighted by Crippen LogP contribution is 2.24. The third-order valence-electron chi connectivity index (χ3n) is 2.27. The number of hydrogen-bond donors (Lipinski definition) is 3. The summed E-state index contributed by atoms with van der Waals surface area (Å²) in [4.78, 5) is 30.5. The summed E-state index contributed by atoms with van der Waals surface area (Å²) in [5, 5.41) is 13.9. The second-order valence-electron chi connectivity index (χ2n) is 3.62. The molecule has 0 fully saturated rings. The van der Waals surface area contributed by atoms with Crippen LogP contribution in [-0.4, -0.2) is 27.1 Å². The number of hydrogen-bond acceptors (Lipinski definition) is 4. The number of anilines is 2. The van der Waals surface area contributed by atoms with E-state index < -0.39 is 12.0 Å². The molecule has 8 heteroatoms. The number of nitrogens with one attached hydrogen (secondary N) is 2. The fraction of sp³-hybridized carbons (Fsp3) is 0. The van der Waals surface area contributed by atoms with E-state index in [0.717, 1.165) is 0 Å². The molecule has 1 aromatic heterocycles. The van der Waals surface area contributed by atoms with Gasteiger partial charge in [-0.25, -0.2) is 19.6 Å². The fourth-order valence-electron chi connectivity index (χ4n) is 1.46. The van der Waals surface area contributed by atoms with Crippen molar-refractivity contribution < 1.29 is 14.7 Å². The Balaban J connectivity index is 2.16. The number of aromatic nitrogens is 2. The average Bonchev–Trinajstić information content (AvgIpc) is 2.39. The van der Waals surface area contributed by atoms with Gasteiger partial charge in [0.2, 0.25) is 5.95 Å². The SMILES string of the molecule is O=C(Nc1ncccn1)Nc1cccc(Cl)c1C(=O)O. The Bertz CT molecular complexity index is 648. The molecule has 1 aromatic carbocycles. The van der Waals surface area contributed by atoms with Crippen LogP contribution < -0.4 is 10.6 Å². The van der Waals surface area contributed by atoms with Crippen LogP contribution in [0.15, 0.2) is 36.7 Å². The molecule has 0 radical (unpaired) electrons. The number of nitrogens with zero attached hydrogens (tertiary/aromatic N) is 2. The van der Waals surface area contributed by atoms with Gasteiger partial charge in [-0.3, -0.25) is 5.32 Å². The standard InChI is InChI=1S/C12H9ClN4O3/c13-7-3-1-4-8(9(7)10(18)19)16-12(20)17-11-14-5-2-6-15-11/h1-6H,(H,18,19)(H2,14,15,16,17,20). The zero-order valence-corrected chi connectivity index (χ0v) is 10.8. The van der Waals surface area contributed by atoms with Crippen molar-refractivity contribution in [3.63, 3.8) is 0 Å². The molecule has 2 rings (SSSR count). The third kappa shape index (κ3) is 3.21. The van der Waals surface area contributed by atoms with Gasteiger partial charge in [0.15, 0.2) is 0 Å². The van der Waals surface area contributed by atoms with Crippen LogP contribution in [0.25, 0.3) is 0 Å². The lowest BCUT2D eigenvalue weighted by Gasteiger charge is -2.09. The van der Waals surface area contributed by atoms with Crippen molar-refractivity contribution in [2.45, 2.75) is 0 Å². The summed E-state index contributed by atoms with van der Waals surface area (Å²) >= 11 is 5.79. The third-order valence-corrected chi connectivity index (χ3v) is 2.58. The number of carbonyl (C=O) groups excluding carboxylic acids is 1. The van der Waals surface area contributed by atoms with Gasteiger partial charge in [-0.15, -0.1) is 0 Å². The number of aromatic carboxylic acids is 1. The van der Waals surface area contributed by atoms with Crippen LogP contribution >= 0.6 is 11.6 Å². The van der Waals surface area contributed by atoms with Gasteiger partial charge in [0.25, 0.3) is 0 Å². The summed E-state index contributed by atoms with van der Waals surface area (Å²) in [6.07, 6.45) is 2.93. The van der Waals surface area contributed by atoms with Crippen LogP contribution in [0.2, 0.25) is 5.02 Å². The smallest absolute Gasteiger partial charge is 0.339 e. The lowest BCUT2D eigenvalue weighted by atomic mass is 10.2. The minimum absolute atomic E-state index is 0.0336. The van der Waals surface area contributed by atoms with Crippen molar-refractivity contribution in [2.75, 3.05) is 10.6 Å². The van der Waals surface area contributed by atoms with Gasteiger partial charge in [-0.1, -0.05) is 17.7 Å². The van der Waals surface area contributed by atoms with E-state index in [1.165, 1.54) is 30.6 Å². The van der Waals surface area contributed by atoms with Gasteiger partial charge < -0.3 is 10.4 Å². The molecule has 102 valence electrons. The minimum Gasteiger partial charge on any atom is -0.478 e. The van der Waals surface area contributed by atoms with Crippen molar-refractivity contribution in [1.29, 1.82) is 0 Å². The van der Waals surface area contributed by atoms with Gasteiger partial charge in [-0.05, 0) is 18.2 Å². The average molecular weight is 293 g/mol. The van der Waals surface area contributed by atoms with Gasteiger partial charge >= 0.3 is 12.0 Å². The summed E-state index contributed by atoms with van der Waals surface area (Å²) in [7, 11) is 0. The molecule has 1 heterocycles. The van der Waals surface area contributed by atoms with Crippen molar-refractivity contribution in [2.24, 2.45) is 0 Å². The first kappa shape index (κ1) is 13.8. The Morgan fingerprint density at radius 2 is 1.80 bits per heavy atom. The molecule has 3 N–H and O–H groups in total. The largest absolute Gasteiger partial charge is 0.478 e. The van der Waals surface area contributed by atoms with Crippen molar-refractivity contribution in [3.8, 4) is 0 Å². The predicted molar refractivity (Wildman–Crippen MR) is 73.1 cm³/mol. The highest BCUT2D eigenvalue weighted by atomic mass is 35.5. The Morgan fingerprint density at radius 3 is 2.45 bits per heavy atom. The lowest BCUT2D eigenvalue weighted by molar-refractivity contribution is 0.0698. The topological polar surface area (TPSA) is 104 Å². The molecule has 7 nitrogen and oxygen atoms in total. The number of rotatable bonds is 3. The molecule has 2 amide bonds. The van der Waals surface area contributed by atoms with E-state index in [1.54, 1.807) is 6.07 Å². The molecule has 0 saturated carbocycles. The molecule has 0 aliphatic heterocycles. The number of carboxylic acid groups (broad SMARTS) is 1. The zero-order valence-electron chi connectivity index (χ0n) is 10.0. The number of carbonyl (C=O) groups is 2. The first-order valence-electron chi connectivity index (χ1n) is 5.45. The Morgan fingerprint density at radius 1 is 1.10 bits per heavy atom. The first-order chi connectivity index (χ1) is 9.58. The molecule has 0 bridgehead atoms. The van der Waals surface area contributed by atoms with Crippen LogP contribution in [0.3, 0.4) is 0 Å². The van der Waals surface area contributed by atoms with Gasteiger partial charge in [0.1, 0.15) is 5.56 Å². The van der Waals surface area contributed by atoms with Crippen LogP contribution in [0.4, 0.5) is 16.4 Å². The molecule has 0 aliphatic carbocycles. The van der Waals surface area contributed by atoms with Crippen molar-refractivity contribution in [1.82, 2.24) is 9.97 Å². The molecule has 0 unspecified atom stereocenters. The van der Waals surface area contributed by atoms with E-state index in [1.807, 2.05) is 0 Å². The van der Waals surface area contributed by atoms with Crippen molar-refractivity contribution in [3.05, 3.63) is 47.2 Å². The molecular formula is C12H9ClN4O3. The minimum atomic E-state index is -1.23. The van der Waals surface area contributed by atoms with Crippen molar-refractivity contribution >= 4 is 35.2 Å². The summed E-state index contributed by atoms with van der Waals surface area (Å²) < 4.78 is 0. The number of amides is 2. The van der Waals surface area contributed by atoms with E-state index in [0.29, 0.717) is 0 Å². The molecule has 2 aromatic rings. The molecule has 0 atom stereocenters. The van der Waals surface area contributed by atoms with Crippen LogP contribution in [0.1, 0.15) is 10.4 Å². The number of benzene rings is 1. The van der Waals surface area contributed by atoms with Gasteiger partial charge in [0.05, 0.1) is 10.7 Å².